The number of hydrogen-bond acceptors (Lipinski definition) is 3. The van der Waals surface area contributed by atoms with E-state index < -0.39 is 12.4 Å². The van der Waals surface area contributed by atoms with Gasteiger partial charge in [0.25, 0.3) is 6.43 Å². The van der Waals surface area contributed by atoms with Crippen molar-refractivity contribution in [1.29, 1.82) is 0 Å². The van der Waals surface area contributed by atoms with Crippen LogP contribution in [0.25, 0.3) is 0 Å². The molecule has 0 radical (unpaired) electrons. The molecule has 0 aromatic carbocycles. The van der Waals surface area contributed by atoms with E-state index >= 15 is 0 Å². The average molecular weight is 362 g/mol. The molecule has 0 aliphatic carbocycles. The van der Waals surface area contributed by atoms with Gasteiger partial charge in [0.2, 0.25) is 0 Å². The van der Waals surface area contributed by atoms with Crippen molar-refractivity contribution in [2.75, 3.05) is 7.11 Å². The van der Waals surface area contributed by atoms with E-state index in [1.165, 1.54) is 7.11 Å². The second-order valence-electron chi connectivity index (χ2n) is 2.79. The maximum Gasteiger partial charge on any atom is 0.339 e. The zero-order chi connectivity index (χ0) is 12.3. The summed E-state index contributed by atoms with van der Waals surface area (Å²) in [5.41, 5.74) is -0.0783. The fourth-order valence-corrected chi connectivity index (χ4v) is 1.97. The van der Waals surface area contributed by atoms with Crippen molar-refractivity contribution in [2.45, 2.75) is 12.3 Å². The molecule has 0 unspecified atom stereocenters. The number of ether oxygens (including phenoxy) is 1. The largest absolute Gasteiger partial charge is 0.465 e. The summed E-state index contributed by atoms with van der Waals surface area (Å²) in [6, 6.07) is 1.07. The lowest BCUT2D eigenvalue weighted by Gasteiger charge is -2.09. The first-order valence-electron chi connectivity index (χ1n) is 4.13. The monoisotopic (exact) mass is 361 g/mol. The first-order valence-corrected chi connectivity index (χ1v) is 5.74. The number of alkyl halides is 3. The molecular weight excluding hydrogens is 354 g/mol. The SMILES string of the molecule is COC(=O)c1cc(C(F)F)c(I)nc1CCl. The predicted octanol–water partition coefficient (Wildman–Crippen LogP) is 3.15. The Labute approximate surface area is 109 Å². The van der Waals surface area contributed by atoms with E-state index in [1.807, 2.05) is 0 Å². The Balaban J connectivity index is 3.34. The Morgan fingerprint density at radius 3 is 2.75 bits per heavy atom. The summed E-state index contributed by atoms with van der Waals surface area (Å²) in [5, 5.41) is 0. The number of aromatic nitrogens is 1. The standard InChI is InChI=1S/C9H7ClF2INO2/c1-16-9(15)4-2-5(7(11)12)8(13)14-6(4)3-10/h2,7H,3H2,1H3. The summed E-state index contributed by atoms with van der Waals surface area (Å²) in [6.45, 7) is 0. The average Bonchev–Trinajstić information content (AvgIpc) is 2.27. The van der Waals surface area contributed by atoms with Crippen LogP contribution in [0.4, 0.5) is 8.78 Å². The van der Waals surface area contributed by atoms with Crippen molar-refractivity contribution in [3.05, 3.63) is 26.6 Å². The molecule has 7 heteroatoms. The van der Waals surface area contributed by atoms with Gasteiger partial charge in [-0.2, -0.15) is 0 Å². The van der Waals surface area contributed by atoms with E-state index in [1.54, 1.807) is 22.6 Å². The van der Waals surface area contributed by atoms with Crippen LogP contribution in [-0.4, -0.2) is 18.1 Å². The Kier molecular flexibility index (Phi) is 4.85. The molecule has 1 heterocycles. The summed E-state index contributed by atoms with van der Waals surface area (Å²) >= 11 is 7.25. The lowest BCUT2D eigenvalue weighted by Crippen LogP contribution is -2.10. The normalized spacial score (nSPS) is 10.6. The minimum Gasteiger partial charge on any atom is -0.465 e. The third-order valence-corrected chi connectivity index (χ3v) is 2.97. The number of pyridine rings is 1. The van der Waals surface area contributed by atoms with Gasteiger partial charge in [-0.25, -0.2) is 18.6 Å². The molecule has 0 saturated carbocycles. The Hall–Kier alpha value is -0.500. The summed E-state index contributed by atoms with van der Waals surface area (Å²) in [5.74, 6) is -0.759. The Bertz CT molecular complexity index is 415. The van der Waals surface area contributed by atoms with E-state index in [0.717, 1.165) is 6.07 Å². The molecule has 0 saturated heterocycles. The van der Waals surface area contributed by atoms with Gasteiger partial charge in [0.1, 0.15) is 3.70 Å². The smallest absolute Gasteiger partial charge is 0.339 e. The Morgan fingerprint density at radius 2 is 2.31 bits per heavy atom. The molecule has 16 heavy (non-hydrogen) atoms. The van der Waals surface area contributed by atoms with E-state index in [0.29, 0.717) is 0 Å². The molecule has 0 fully saturated rings. The molecule has 0 aliphatic rings. The van der Waals surface area contributed by atoms with E-state index in [-0.39, 0.29) is 26.4 Å². The number of rotatable bonds is 3. The maximum absolute atomic E-state index is 12.6. The third kappa shape index (κ3) is 2.79. The second kappa shape index (κ2) is 5.72. The van der Waals surface area contributed by atoms with Crippen molar-refractivity contribution >= 4 is 40.2 Å². The molecule has 0 aliphatic heterocycles. The topological polar surface area (TPSA) is 39.2 Å². The van der Waals surface area contributed by atoms with Gasteiger partial charge >= 0.3 is 5.97 Å². The number of hydrogen-bond donors (Lipinski definition) is 0. The molecular formula is C9H7ClF2INO2. The highest BCUT2D eigenvalue weighted by molar-refractivity contribution is 14.1. The van der Waals surface area contributed by atoms with Gasteiger partial charge in [-0.3, -0.25) is 0 Å². The molecule has 0 spiro atoms. The van der Waals surface area contributed by atoms with Crippen molar-refractivity contribution in [2.24, 2.45) is 0 Å². The number of esters is 1. The van der Waals surface area contributed by atoms with Crippen LogP contribution < -0.4 is 0 Å². The first kappa shape index (κ1) is 13.6. The first-order chi connectivity index (χ1) is 7.51. The molecule has 1 aromatic rings. The predicted molar refractivity (Wildman–Crippen MR) is 62.8 cm³/mol. The molecule has 0 amide bonds. The van der Waals surface area contributed by atoms with E-state index in [2.05, 4.69) is 9.72 Å². The van der Waals surface area contributed by atoms with Gasteiger partial charge in [0.05, 0.1) is 29.8 Å². The van der Waals surface area contributed by atoms with Crippen LogP contribution in [0.2, 0.25) is 0 Å². The van der Waals surface area contributed by atoms with Gasteiger partial charge in [-0.05, 0) is 28.7 Å². The number of carbonyl (C=O) groups excluding carboxylic acids is 1. The zero-order valence-electron chi connectivity index (χ0n) is 8.14. The van der Waals surface area contributed by atoms with Crippen molar-refractivity contribution in [3.8, 4) is 0 Å². The van der Waals surface area contributed by atoms with Gasteiger partial charge in [0, 0.05) is 0 Å². The number of methoxy groups -OCH3 is 1. The Morgan fingerprint density at radius 1 is 1.69 bits per heavy atom. The summed E-state index contributed by atoms with van der Waals surface area (Å²) < 4.78 is 29.8. The minimum absolute atomic E-state index is 0.0202. The van der Waals surface area contributed by atoms with Crippen LogP contribution in [0.3, 0.4) is 0 Å². The number of halogens is 4. The van der Waals surface area contributed by atoms with Crippen LogP contribution in [0.15, 0.2) is 6.07 Å². The van der Waals surface area contributed by atoms with E-state index in [4.69, 9.17) is 11.6 Å². The van der Waals surface area contributed by atoms with Crippen molar-refractivity contribution in [1.82, 2.24) is 4.98 Å². The van der Waals surface area contributed by atoms with Gasteiger partial charge in [-0.1, -0.05) is 0 Å². The highest BCUT2D eigenvalue weighted by atomic mass is 127. The van der Waals surface area contributed by atoms with Crippen LogP contribution in [0.1, 0.15) is 28.0 Å². The molecule has 1 rings (SSSR count). The molecule has 0 N–H and O–H groups in total. The molecule has 88 valence electrons. The van der Waals surface area contributed by atoms with Gasteiger partial charge < -0.3 is 4.74 Å². The van der Waals surface area contributed by atoms with Crippen molar-refractivity contribution < 1.29 is 18.3 Å². The van der Waals surface area contributed by atoms with Crippen LogP contribution in [0, 0.1) is 3.70 Å². The number of nitrogens with zero attached hydrogens (tertiary/aromatic N) is 1. The quantitative estimate of drug-likeness (QED) is 0.359. The zero-order valence-corrected chi connectivity index (χ0v) is 11.1. The highest BCUT2D eigenvalue weighted by Crippen LogP contribution is 2.26. The fourth-order valence-electron chi connectivity index (χ4n) is 1.08. The lowest BCUT2D eigenvalue weighted by molar-refractivity contribution is 0.0598. The van der Waals surface area contributed by atoms with Crippen LogP contribution in [0.5, 0.6) is 0 Å². The molecule has 3 nitrogen and oxygen atoms in total. The number of carbonyl (C=O) groups is 1. The highest BCUT2D eigenvalue weighted by Gasteiger charge is 2.20. The fraction of sp³-hybridized carbons (Fsp3) is 0.333. The maximum atomic E-state index is 12.6. The lowest BCUT2D eigenvalue weighted by atomic mass is 10.1. The van der Waals surface area contributed by atoms with Gasteiger partial charge in [-0.15, -0.1) is 11.6 Å². The summed E-state index contributed by atoms with van der Waals surface area (Å²) in [6.07, 6.45) is -2.69. The molecule has 0 bridgehead atoms. The van der Waals surface area contributed by atoms with E-state index in [9.17, 15) is 13.6 Å². The summed E-state index contributed by atoms with van der Waals surface area (Å²) in [4.78, 5) is 15.2. The van der Waals surface area contributed by atoms with Crippen molar-refractivity contribution in [3.63, 3.8) is 0 Å². The van der Waals surface area contributed by atoms with Crippen LogP contribution in [-0.2, 0) is 10.6 Å². The third-order valence-electron chi connectivity index (χ3n) is 1.85. The van der Waals surface area contributed by atoms with Gasteiger partial charge in [0.15, 0.2) is 0 Å². The van der Waals surface area contributed by atoms with Crippen LogP contribution >= 0.6 is 34.2 Å². The summed E-state index contributed by atoms with van der Waals surface area (Å²) in [7, 11) is 1.17. The minimum atomic E-state index is -2.69. The second-order valence-corrected chi connectivity index (χ2v) is 4.08. The molecule has 0 atom stereocenters. The molecule has 1 aromatic heterocycles.